The highest BCUT2D eigenvalue weighted by atomic mass is 16.5. The van der Waals surface area contributed by atoms with Gasteiger partial charge in [0.25, 0.3) is 0 Å². The number of nitrogens with zero attached hydrogens (tertiary/aromatic N) is 4. The Kier molecular flexibility index (Phi) is 5.75. The van der Waals surface area contributed by atoms with Gasteiger partial charge in [0.15, 0.2) is 5.82 Å². The number of hydrogen-bond acceptors (Lipinski definition) is 6. The van der Waals surface area contributed by atoms with Crippen molar-refractivity contribution >= 4 is 29.0 Å². The first-order chi connectivity index (χ1) is 12.9. The molecule has 27 heavy (non-hydrogen) atoms. The summed E-state index contributed by atoms with van der Waals surface area (Å²) in [4.78, 5) is 30.1. The maximum absolute atomic E-state index is 12.4. The fraction of sp³-hybridized carbons (Fsp3) is 0.421. The third kappa shape index (κ3) is 4.85. The number of anilines is 3. The van der Waals surface area contributed by atoms with Crippen molar-refractivity contribution in [1.82, 2.24) is 10.1 Å². The highest BCUT2D eigenvalue weighted by molar-refractivity contribution is 6.01. The van der Waals surface area contributed by atoms with E-state index < -0.39 is 0 Å². The van der Waals surface area contributed by atoms with E-state index in [1.54, 1.807) is 13.0 Å². The lowest BCUT2D eigenvalue weighted by atomic mass is 10.2. The molecule has 0 spiro atoms. The smallest absolute Gasteiger partial charge is 0.244 e. The second kappa shape index (κ2) is 8.22. The lowest BCUT2D eigenvalue weighted by molar-refractivity contribution is -0.120. The zero-order valence-electron chi connectivity index (χ0n) is 15.9. The molecule has 0 aliphatic carbocycles. The number of nitrogens with one attached hydrogen (secondary N) is 1. The lowest BCUT2D eigenvalue weighted by Gasteiger charge is -2.34. The molecule has 2 heterocycles. The summed E-state index contributed by atoms with van der Waals surface area (Å²) in [6.07, 6.45) is 0. The van der Waals surface area contributed by atoms with Crippen molar-refractivity contribution in [1.29, 1.82) is 0 Å². The quantitative estimate of drug-likeness (QED) is 0.862. The molecule has 1 aromatic carbocycles. The third-order valence-corrected chi connectivity index (χ3v) is 4.59. The number of aromatic nitrogens is 1. The minimum Gasteiger partial charge on any atom is -0.369 e. The van der Waals surface area contributed by atoms with Gasteiger partial charge in [0.05, 0.1) is 0 Å². The van der Waals surface area contributed by atoms with E-state index in [9.17, 15) is 9.59 Å². The van der Waals surface area contributed by atoms with Crippen LogP contribution in [0.15, 0.2) is 34.9 Å². The molecule has 2 aromatic rings. The molecule has 1 fully saturated rings. The summed E-state index contributed by atoms with van der Waals surface area (Å²) < 4.78 is 4.99. The van der Waals surface area contributed by atoms with E-state index in [-0.39, 0.29) is 18.4 Å². The van der Waals surface area contributed by atoms with Gasteiger partial charge in [0.2, 0.25) is 11.8 Å². The van der Waals surface area contributed by atoms with Crippen LogP contribution in [-0.2, 0) is 9.59 Å². The molecule has 1 aliphatic rings. The summed E-state index contributed by atoms with van der Waals surface area (Å²) in [5.74, 6) is 0.346. The fourth-order valence-electron chi connectivity index (χ4n) is 3.00. The van der Waals surface area contributed by atoms with Crippen LogP contribution < -0.4 is 15.1 Å². The first kappa shape index (κ1) is 18.9. The maximum Gasteiger partial charge on any atom is 0.244 e. The van der Waals surface area contributed by atoms with Crippen LogP contribution in [0.2, 0.25) is 0 Å². The minimum atomic E-state index is -0.293. The van der Waals surface area contributed by atoms with Crippen molar-refractivity contribution in [2.24, 2.45) is 0 Å². The predicted octanol–water partition coefficient (Wildman–Crippen LogP) is 1.73. The predicted molar refractivity (Wildman–Crippen MR) is 104 cm³/mol. The van der Waals surface area contributed by atoms with Gasteiger partial charge in [0.1, 0.15) is 12.3 Å². The SMILES string of the molecule is CC(=O)N(CC(=O)Nc1ccc(N2CCN(C)CC2)cc1)c1cc(C)on1. The molecular formula is C19H25N5O3. The van der Waals surface area contributed by atoms with Crippen LogP contribution in [-0.4, -0.2) is 61.6 Å². The Morgan fingerprint density at radius 1 is 1.19 bits per heavy atom. The Bertz CT molecular complexity index is 794. The van der Waals surface area contributed by atoms with Crippen molar-refractivity contribution in [3.63, 3.8) is 0 Å². The topological polar surface area (TPSA) is 81.9 Å². The van der Waals surface area contributed by atoms with Crippen molar-refractivity contribution < 1.29 is 14.1 Å². The number of carbonyl (C=O) groups is 2. The van der Waals surface area contributed by atoms with Crippen molar-refractivity contribution in [2.45, 2.75) is 13.8 Å². The molecule has 144 valence electrons. The molecule has 1 N–H and O–H groups in total. The van der Waals surface area contributed by atoms with Crippen LogP contribution in [0, 0.1) is 6.92 Å². The van der Waals surface area contributed by atoms with E-state index in [0.717, 1.165) is 31.9 Å². The van der Waals surface area contributed by atoms with Crippen LogP contribution in [0.4, 0.5) is 17.2 Å². The van der Waals surface area contributed by atoms with E-state index in [1.165, 1.54) is 11.8 Å². The Balaban J connectivity index is 1.59. The van der Waals surface area contributed by atoms with Gasteiger partial charge >= 0.3 is 0 Å². The van der Waals surface area contributed by atoms with Gasteiger partial charge in [-0.05, 0) is 38.2 Å². The van der Waals surface area contributed by atoms with Gasteiger partial charge in [-0.25, -0.2) is 0 Å². The fourth-order valence-corrected chi connectivity index (χ4v) is 3.00. The number of rotatable bonds is 5. The first-order valence-corrected chi connectivity index (χ1v) is 8.97. The van der Waals surface area contributed by atoms with Crippen LogP contribution >= 0.6 is 0 Å². The molecule has 1 aliphatic heterocycles. The van der Waals surface area contributed by atoms with Crippen LogP contribution in [0.3, 0.4) is 0 Å². The molecule has 0 saturated carbocycles. The second-order valence-electron chi connectivity index (χ2n) is 6.79. The molecule has 3 rings (SSSR count). The number of likely N-dealkylation sites (N-methyl/N-ethyl adjacent to an activating group) is 1. The molecule has 0 atom stereocenters. The number of hydrogen-bond donors (Lipinski definition) is 1. The normalized spacial score (nSPS) is 14.9. The summed E-state index contributed by atoms with van der Waals surface area (Å²) in [6, 6.07) is 9.39. The largest absolute Gasteiger partial charge is 0.369 e. The average Bonchev–Trinajstić information content (AvgIpc) is 3.07. The molecule has 8 heteroatoms. The van der Waals surface area contributed by atoms with Crippen molar-refractivity contribution in [2.75, 3.05) is 54.9 Å². The molecule has 8 nitrogen and oxygen atoms in total. The molecule has 1 saturated heterocycles. The van der Waals surface area contributed by atoms with E-state index in [0.29, 0.717) is 17.3 Å². The Hall–Kier alpha value is -2.87. The standard InChI is InChI=1S/C19H25N5O3/c1-14-12-18(21-27-14)24(15(2)25)13-19(26)20-16-4-6-17(7-5-16)23-10-8-22(3)9-11-23/h4-7,12H,8-11,13H2,1-3H3,(H,20,26). The molecule has 0 bridgehead atoms. The van der Waals surface area contributed by atoms with E-state index in [2.05, 4.69) is 27.3 Å². The monoisotopic (exact) mass is 371 g/mol. The maximum atomic E-state index is 12.4. The van der Waals surface area contributed by atoms with Crippen LogP contribution in [0.25, 0.3) is 0 Å². The van der Waals surface area contributed by atoms with Gasteiger partial charge in [-0.1, -0.05) is 5.16 Å². The Morgan fingerprint density at radius 3 is 2.41 bits per heavy atom. The summed E-state index contributed by atoms with van der Waals surface area (Å²) in [6.45, 7) is 7.07. The minimum absolute atomic E-state index is 0.123. The number of amides is 2. The van der Waals surface area contributed by atoms with E-state index >= 15 is 0 Å². The molecule has 2 amide bonds. The summed E-state index contributed by atoms with van der Waals surface area (Å²) >= 11 is 0. The van der Waals surface area contributed by atoms with Crippen LogP contribution in [0.1, 0.15) is 12.7 Å². The van der Waals surface area contributed by atoms with Gasteiger partial charge in [-0.2, -0.15) is 0 Å². The summed E-state index contributed by atoms with van der Waals surface area (Å²) in [5, 5.41) is 6.63. The van der Waals surface area contributed by atoms with Gasteiger partial charge in [-0.3, -0.25) is 14.5 Å². The Labute approximate surface area is 158 Å². The van der Waals surface area contributed by atoms with Crippen molar-refractivity contribution in [3.05, 3.63) is 36.1 Å². The second-order valence-corrected chi connectivity index (χ2v) is 6.79. The molecular weight excluding hydrogens is 346 g/mol. The summed E-state index contributed by atoms with van der Waals surface area (Å²) in [7, 11) is 2.13. The first-order valence-electron chi connectivity index (χ1n) is 8.97. The highest BCUT2D eigenvalue weighted by Crippen LogP contribution is 2.20. The zero-order valence-corrected chi connectivity index (χ0v) is 15.9. The Morgan fingerprint density at radius 2 is 1.85 bits per heavy atom. The third-order valence-electron chi connectivity index (χ3n) is 4.59. The average molecular weight is 371 g/mol. The number of piperazine rings is 1. The van der Waals surface area contributed by atoms with Gasteiger partial charge < -0.3 is 19.6 Å². The number of aryl methyl sites for hydroxylation is 1. The number of benzene rings is 1. The van der Waals surface area contributed by atoms with Gasteiger partial charge in [0, 0.05) is 50.5 Å². The molecule has 0 unspecified atom stereocenters. The van der Waals surface area contributed by atoms with E-state index in [4.69, 9.17) is 4.52 Å². The summed E-state index contributed by atoms with van der Waals surface area (Å²) in [5.41, 5.74) is 1.84. The molecule has 1 aromatic heterocycles. The van der Waals surface area contributed by atoms with Crippen molar-refractivity contribution in [3.8, 4) is 0 Å². The van der Waals surface area contributed by atoms with Gasteiger partial charge in [-0.15, -0.1) is 0 Å². The zero-order chi connectivity index (χ0) is 19.4. The highest BCUT2D eigenvalue weighted by Gasteiger charge is 2.19. The number of carbonyl (C=O) groups excluding carboxylic acids is 2. The van der Waals surface area contributed by atoms with E-state index in [1.807, 2.05) is 24.3 Å². The van der Waals surface area contributed by atoms with Crippen LogP contribution in [0.5, 0.6) is 0 Å². The molecule has 0 radical (unpaired) electrons. The lowest BCUT2D eigenvalue weighted by Crippen LogP contribution is -2.44.